The number of nitrogens with one attached hydrogen (secondary N) is 1. The zero-order valence-electron chi connectivity index (χ0n) is 20.8. The van der Waals surface area contributed by atoms with Crippen molar-refractivity contribution in [2.75, 3.05) is 13.1 Å². The van der Waals surface area contributed by atoms with E-state index in [2.05, 4.69) is 89.9 Å². The fourth-order valence-electron chi connectivity index (χ4n) is 4.90. The van der Waals surface area contributed by atoms with Crippen LogP contribution in [-0.2, 0) is 11.3 Å². The van der Waals surface area contributed by atoms with Gasteiger partial charge in [-0.3, -0.25) is 9.69 Å². The average Bonchev–Trinajstić information content (AvgIpc) is 2.89. The Kier molecular flexibility index (Phi) is 8.51. The normalized spacial score (nSPS) is 15.9. The molecule has 182 valence electrons. The summed E-state index contributed by atoms with van der Waals surface area (Å²) in [5.74, 6) is -0.00903. The van der Waals surface area contributed by atoms with Crippen molar-refractivity contribution in [1.82, 2.24) is 10.2 Å². The van der Waals surface area contributed by atoms with Crippen molar-refractivity contribution >= 4 is 11.5 Å². The predicted molar refractivity (Wildman–Crippen MR) is 143 cm³/mol. The molecular weight excluding hydrogens is 432 g/mol. The summed E-state index contributed by atoms with van der Waals surface area (Å²) < 4.78 is 0. The number of aliphatic hydroxyl groups is 1. The Morgan fingerprint density at radius 1 is 0.886 bits per heavy atom. The van der Waals surface area contributed by atoms with E-state index in [1.807, 2.05) is 12.1 Å². The summed E-state index contributed by atoms with van der Waals surface area (Å²) in [7, 11) is 0. The number of rotatable bonds is 8. The van der Waals surface area contributed by atoms with Gasteiger partial charge in [0.05, 0.1) is 12.1 Å². The van der Waals surface area contributed by atoms with Crippen LogP contribution >= 0.6 is 0 Å². The Morgan fingerprint density at radius 2 is 1.43 bits per heavy atom. The molecule has 1 aliphatic rings. The first-order valence-corrected chi connectivity index (χ1v) is 12.6. The van der Waals surface area contributed by atoms with Crippen molar-refractivity contribution in [3.8, 4) is 0 Å². The third-order valence-electron chi connectivity index (χ3n) is 6.78. The highest BCUT2D eigenvalue weighted by molar-refractivity contribution is 5.83. The number of nitrogens with zero attached hydrogens (tertiary/aromatic N) is 1. The number of hydrogen-bond acceptors (Lipinski definition) is 3. The van der Waals surface area contributed by atoms with Crippen LogP contribution in [0.2, 0.25) is 0 Å². The van der Waals surface area contributed by atoms with Gasteiger partial charge in [-0.05, 0) is 55.4 Å². The van der Waals surface area contributed by atoms with Gasteiger partial charge in [0.25, 0.3) is 0 Å². The number of carbonyl (C=O) groups is 1. The maximum atomic E-state index is 13.2. The fourth-order valence-corrected chi connectivity index (χ4v) is 4.90. The third kappa shape index (κ3) is 6.68. The van der Waals surface area contributed by atoms with Gasteiger partial charge in [0.2, 0.25) is 5.91 Å². The maximum Gasteiger partial charge on any atom is 0.237 e. The highest BCUT2D eigenvalue weighted by Gasteiger charge is 2.30. The van der Waals surface area contributed by atoms with E-state index in [9.17, 15) is 9.90 Å². The summed E-state index contributed by atoms with van der Waals surface area (Å²) in [5, 5.41) is 13.2. The minimum Gasteiger partial charge on any atom is -0.393 e. The molecule has 2 atom stereocenters. The molecule has 4 nitrogen and oxygen atoms in total. The van der Waals surface area contributed by atoms with Gasteiger partial charge in [0.15, 0.2) is 0 Å². The van der Waals surface area contributed by atoms with Crippen LogP contribution < -0.4 is 5.32 Å². The van der Waals surface area contributed by atoms with Crippen molar-refractivity contribution < 1.29 is 9.90 Å². The molecule has 3 aromatic rings. The standard InChI is InChI=1S/C31H36N2O2/c1-23-13-15-25(16-14-23)22-32-31(35)29(21-24(2)34)33-19-17-28(18-20-33)30(26-9-5-3-6-10-26)27-11-7-4-8-12-27/h3-16,24,29,34H,17-22H2,1-2H3,(H,32,35)/t24-,29-/m1/s1. The number of likely N-dealkylation sites (tertiary alicyclic amines) is 1. The molecule has 0 radical (unpaired) electrons. The first-order chi connectivity index (χ1) is 17.0. The molecule has 4 heteroatoms. The first-order valence-electron chi connectivity index (χ1n) is 12.6. The van der Waals surface area contributed by atoms with E-state index in [0.717, 1.165) is 31.5 Å². The molecule has 35 heavy (non-hydrogen) atoms. The van der Waals surface area contributed by atoms with Gasteiger partial charge in [0, 0.05) is 19.6 Å². The van der Waals surface area contributed by atoms with E-state index in [4.69, 9.17) is 0 Å². The van der Waals surface area contributed by atoms with Crippen LogP contribution in [0.25, 0.3) is 5.57 Å². The van der Waals surface area contributed by atoms with Crippen molar-refractivity contribution in [3.63, 3.8) is 0 Å². The fraction of sp³-hybridized carbons (Fsp3) is 0.323. The number of piperidine rings is 1. The molecule has 0 spiro atoms. The molecule has 1 amide bonds. The lowest BCUT2D eigenvalue weighted by atomic mass is 9.88. The molecule has 0 unspecified atom stereocenters. The van der Waals surface area contributed by atoms with Crippen LogP contribution in [0.3, 0.4) is 0 Å². The molecule has 1 saturated heterocycles. The van der Waals surface area contributed by atoms with Gasteiger partial charge in [-0.1, -0.05) is 96.1 Å². The molecule has 0 aromatic heterocycles. The Balaban J connectivity index is 1.49. The smallest absolute Gasteiger partial charge is 0.237 e. The Morgan fingerprint density at radius 3 is 1.94 bits per heavy atom. The molecule has 0 aliphatic carbocycles. The van der Waals surface area contributed by atoms with E-state index in [1.165, 1.54) is 27.8 Å². The van der Waals surface area contributed by atoms with Crippen LogP contribution in [0.15, 0.2) is 90.5 Å². The van der Waals surface area contributed by atoms with Crippen molar-refractivity contribution in [1.29, 1.82) is 0 Å². The largest absolute Gasteiger partial charge is 0.393 e. The van der Waals surface area contributed by atoms with Crippen LogP contribution in [-0.4, -0.2) is 41.1 Å². The van der Waals surface area contributed by atoms with Gasteiger partial charge >= 0.3 is 0 Å². The SMILES string of the molecule is Cc1ccc(CNC(=O)[C@@H](C[C@@H](C)O)N2CCC(=C(c3ccccc3)c3ccccc3)CC2)cc1. The molecule has 2 N–H and O–H groups in total. The van der Waals surface area contributed by atoms with Gasteiger partial charge in [-0.2, -0.15) is 0 Å². The van der Waals surface area contributed by atoms with Gasteiger partial charge in [0.1, 0.15) is 0 Å². The number of carbonyl (C=O) groups excluding carboxylic acids is 1. The number of aryl methyl sites for hydroxylation is 1. The summed E-state index contributed by atoms with van der Waals surface area (Å²) in [6, 6.07) is 29.0. The van der Waals surface area contributed by atoms with Gasteiger partial charge in [-0.25, -0.2) is 0 Å². The zero-order valence-corrected chi connectivity index (χ0v) is 20.8. The minimum atomic E-state index is -0.536. The number of aliphatic hydroxyl groups excluding tert-OH is 1. The number of hydrogen-bond donors (Lipinski definition) is 2. The lowest BCUT2D eigenvalue weighted by Gasteiger charge is -2.36. The molecule has 1 heterocycles. The summed E-state index contributed by atoms with van der Waals surface area (Å²) in [6.45, 7) is 5.92. The molecule has 0 bridgehead atoms. The molecule has 3 aromatic carbocycles. The summed E-state index contributed by atoms with van der Waals surface area (Å²) in [5.41, 5.74) is 7.49. The van der Waals surface area contributed by atoms with Crippen molar-refractivity contribution in [2.45, 2.75) is 51.8 Å². The molecule has 1 fully saturated rings. The number of amides is 1. The van der Waals surface area contributed by atoms with E-state index in [0.29, 0.717) is 13.0 Å². The van der Waals surface area contributed by atoms with Crippen LogP contribution in [0, 0.1) is 6.92 Å². The number of benzene rings is 3. The maximum absolute atomic E-state index is 13.2. The van der Waals surface area contributed by atoms with Crippen LogP contribution in [0.5, 0.6) is 0 Å². The topological polar surface area (TPSA) is 52.6 Å². The minimum absolute atomic E-state index is 0.00903. The average molecular weight is 469 g/mol. The van der Waals surface area contributed by atoms with Crippen LogP contribution in [0.4, 0.5) is 0 Å². The molecule has 1 aliphatic heterocycles. The monoisotopic (exact) mass is 468 g/mol. The van der Waals surface area contributed by atoms with E-state index < -0.39 is 6.10 Å². The predicted octanol–water partition coefficient (Wildman–Crippen LogP) is 5.35. The lowest BCUT2D eigenvalue weighted by molar-refractivity contribution is -0.128. The summed E-state index contributed by atoms with van der Waals surface area (Å²) in [6.07, 6.45) is 1.70. The second kappa shape index (κ2) is 12.0. The van der Waals surface area contributed by atoms with Crippen LogP contribution in [0.1, 0.15) is 48.4 Å². The highest BCUT2D eigenvalue weighted by Crippen LogP contribution is 2.33. The summed E-state index contributed by atoms with van der Waals surface area (Å²) >= 11 is 0. The van der Waals surface area contributed by atoms with E-state index in [-0.39, 0.29) is 11.9 Å². The quantitative estimate of drug-likeness (QED) is 0.469. The van der Waals surface area contributed by atoms with E-state index >= 15 is 0 Å². The molecular formula is C31H36N2O2. The third-order valence-corrected chi connectivity index (χ3v) is 6.78. The zero-order chi connectivity index (χ0) is 24.6. The first kappa shape index (κ1) is 24.9. The second-order valence-corrected chi connectivity index (χ2v) is 9.55. The van der Waals surface area contributed by atoms with Crippen molar-refractivity contribution in [3.05, 3.63) is 113 Å². The Bertz CT molecular complexity index is 1070. The Labute approximate surface area is 209 Å². The van der Waals surface area contributed by atoms with E-state index in [1.54, 1.807) is 6.92 Å². The van der Waals surface area contributed by atoms with Gasteiger partial charge in [-0.15, -0.1) is 0 Å². The Hall–Kier alpha value is -3.21. The second-order valence-electron chi connectivity index (χ2n) is 9.55. The lowest BCUT2D eigenvalue weighted by Crippen LogP contribution is -2.50. The molecule has 4 rings (SSSR count). The summed E-state index contributed by atoms with van der Waals surface area (Å²) in [4.78, 5) is 15.4. The highest BCUT2D eigenvalue weighted by atomic mass is 16.3. The molecule has 0 saturated carbocycles. The van der Waals surface area contributed by atoms with Gasteiger partial charge < -0.3 is 10.4 Å². The van der Waals surface area contributed by atoms with Crippen molar-refractivity contribution in [2.24, 2.45) is 0 Å².